The summed E-state index contributed by atoms with van der Waals surface area (Å²) in [5.41, 5.74) is 1.25. The number of carbonyl (C=O) groups excluding carboxylic acids is 2. The van der Waals surface area contributed by atoms with E-state index in [1.165, 1.54) is 0 Å². The second-order valence-corrected chi connectivity index (χ2v) is 9.17. The number of carboxylic acids is 1. The van der Waals surface area contributed by atoms with E-state index in [4.69, 9.17) is 21.4 Å². The third kappa shape index (κ3) is 5.23. The molecule has 0 spiro atoms. The number of aliphatic carboxylic acids is 1. The summed E-state index contributed by atoms with van der Waals surface area (Å²) in [5, 5.41) is 19.7. The van der Waals surface area contributed by atoms with Gasteiger partial charge in [0.15, 0.2) is 12.9 Å². The van der Waals surface area contributed by atoms with E-state index in [1.807, 2.05) is 26.0 Å². The first-order chi connectivity index (χ1) is 14.9. The van der Waals surface area contributed by atoms with Gasteiger partial charge >= 0.3 is 5.97 Å². The average Bonchev–Trinajstić information content (AvgIpc) is 2.74. The summed E-state index contributed by atoms with van der Waals surface area (Å²) in [6.07, 6.45) is 8.04. The lowest BCUT2D eigenvalue weighted by Gasteiger charge is -2.42. The van der Waals surface area contributed by atoms with Crippen molar-refractivity contribution < 1.29 is 29.3 Å². The monoisotopic (exact) mass is 462 g/mol. The maximum atomic E-state index is 12.2. The van der Waals surface area contributed by atoms with Crippen molar-refractivity contribution in [3.05, 3.63) is 45.5 Å². The molecule has 3 atom stereocenters. The quantitative estimate of drug-likeness (QED) is 0.400. The Morgan fingerprint density at radius 2 is 2.00 bits per heavy atom. The van der Waals surface area contributed by atoms with Crippen molar-refractivity contribution in [1.82, 2.24) is 0 Å². The molecule has 1 saturated carbocycles. The van der Waals surface area contributed by atoms with Crippen LogP contribution in [-0.4, -0.2) is 34.9 Å². The van der Waals surface area contributed by atoms with Gasteiger partial charge in [0.2, 0.25) is 0 Å². The fourth-order valence-corrected chi connectivity index (χ4v) is 4.37. The largest absolute Gasteiger partial charge is 0.507 e. The molecule has 0 aliphatic heterocycles. The summed E-state index contributed by atoms with van der Waals surface area (Å²) in [6, 6.07) is 0. The van der Waals surface area contributed by atoms with Crippen LogP contribution in [0.4, 0.5) is 0 Å². The predicted molar refractivity (Wildman–Crippen MR) is 124 cm³/mol. The molecule has 6 nitrogen and oxygen atoms in total. The number of ether oxygens (including phenoxy) is 1. The second-order valence-electron chi connectivity index (χ2n) is 8.79. The van der Waals surface area contributed by atoms with Gasteiger partial charge in [0, 0.05) is 17.9 Å². The number of hydrogen-bond donors (Lipinski definition) is 2. The number of hydrogen-bond acceptors (Lipinski definition) is 5. The number of allylic oxidation sites excluding steroid dienone is 4. The summed E-state index contributed by atoms with van der Waals surface area (Å²) in [6.45, 7) is 9.05. The molecule has 1 aromatic carbocycles. The number of rotatable bonds is 8. The van der Waals surface area contributed by atoms with Gasteiger partial charge in [0.05, 0.1) is 10.6 Å². The Morgan fingerprint density at radius 1 is 1.34 bits per heavy atom. The van der Waals surface area contributed by atoms with E-state index < -0.39 is 12.6 Å². The lowest BCUT2D eigenvalue weighted by atomic mass is 9.61. The molecule has 0 aromatic heterocycles. The van der Waals surface area contributed by atoms with Crippen LogP contribution in [0.25, 0.3) is 0 Å². The highest BCUT2D eigenvalue weighted by Gasteiger charge is 2.41. The van der Waals surface area contributed by atoms with Gasteiger partial charge in [-0.15, -0.1) is 0 Å². The number of phenols is 1. The van der Waals surface area contributed by atoms with Gasteiger partial charge in [0.25, 0.3) is 0 Å². The fourth-order valence-electron chi connectivity index (χ4n) is 4.10. The van der Waals surface area contributed by atoms with E-state index >= 15 is 0 Å². The van der Waals surface area contributed by atoms with Crippen LogP contribution >= 0.6 is 11.6 Å². The third-order valence-corrected chi connectivity index (χ3v) is 7.30. The van der Waals surface area contributed by atoms with Crippen LogP contribution in [-0.2, 0) is 16.0 Å². The Hall–Kier alpha value is -2.60. The lowest BCUT2D eigenvalue weighted by molar-refractivity contribution is -0.139. The molecule has 0 unspecified atom stereocenters. The van der Waals surface area contributed by atoms with Gasteiger partial charge in [-0.05, 0) is 43.6 Å². The Labute approximate surface area is 193 Å². The van der Waals surface area contributed by atoms with E-state index in [2.05, 4.69) is 19.9 Å². The molecular formula is C25H31ClO6. The third-order valence-electron chi connectivity index (χ3n) is 6.84. The normalized spacial score (nSPS) is 24.1. The molecule has 0 saturated heterocycles. The zero-order valence-corrected chi connectivity index (χ0v) is 20.0. The van der Waals surface area contributed by atoms with Gasteiger partial charge in [-0.25, -0.2) is 4.79 Å². The molecule has 0 heterocycles. The number of carbonyl (C=O) groups is 3. The molecular weight excluding hydrogens is 432 g/mol. The fraction of sp³-hybridized carbons (Fsp3) is 0.480. The minimum atomic E-state index is -1.18. The second kappa shape index (κ2) is 10.3. The van der Waals surface area contributed by atoms with Crippen LogP contribution in [0.2, 0.25) is 5.02 Å². The Morgan fingerprint density at radius 3 is 2.59 bits per heavy atom. The number of carboxylic acid groups (broad SMARTS) is 1. The summed E-state index contributed by atoms with van der Waals surface area (Å²) in [4.78, 5) is 34.7. The summed E-state index contributed by atoms with van der Waals surface area (Å²) >= 11 is 6.33. The molecule has 174 valence electrons. The van der Waals surface area contributed by atoms with Gasteiger partial charge in [-0.2, -0.15) is 0 Å². The standard InChI is InChI=1S/C25H31ClO6/c1-14(10-11-25(5)15(2)7-9-20(28)17(25)4)6-8-18-23(31)19(12-27)16(3)22(26)24(18)32-13-21(29)30/h6,10-12,15,17,31H,7-9,13H2,1-5H3,(H,29,30)/t15-,17+,25-/m0/s1. The Kier molecular flexibility index (Phi) is 8.29. The molecule has 2 N–H and O–H groups in total. The molecule has 2 rings (SSSR count). The smallest absolute Gasteiger partial charge is 0.341 e. The summed E-state index contributed by atoms with van der Waals surface area (Å²) < 4.78 is 5.34. The number of phenolic OH excluding ortho intramolecular Hbond substituents is 1. The van der Waals surface area contributed by atoms with Crippen molar-refractivity contribution >= 4 is 29.6 Å². The SMILES string of the molecule is CC(C=C[C@]1(C)[C@H](C)C(=O)CC[C@@H]1C)=CCc1c(O)c(C=O)c(C)c(Cl)c1OCC(=O)O. The predicted octanol–water partition coefficient (Wildman–Crippen LogP) is 5.32. The first-order valence-electron chi connectivity index (χ1n) is 10.7. The zero-order chi connectivity index (χ0) is 24.2. The first kappa shape index (κ1) is 25.7. The summed E-state index contributed by atoms with van der Waals surface area (Å²) in [7, 11) is 0. The molecule has 1 aliphatic carbocycles. The average molecular weight is 463 g/mol. The van der Waals surface area contributed by atoms with E-state index in [9.17, 15) is 19.5 Å². The molecule has 1 aromatic rings. The highest BCUT2D eigenvalue weighted by atomic mass is 35.5. The highest BCUT2D eigenvalue weighted by molar-refractivity contribution is 6.33. The van der Waals surface area contributed by atoms with Crippen LogP contribution < -0.4 is 4.74 Å². The number of aromatic hydroxyl groups is 1. The van der Waals surface area contributed by atoms with Gasteiger partial charge in [-0.3, -0.25) is 9.59 Å². The highest BCUT2D eigenvalue weighted by Crippen LogP contribution is 2.45. The molecule has 1 fully saturated rings. The van der Waals surface area contributed by atoms with Gasteiger partial charge in [0.1, 0.15) is 17.3 Å². The van der Waals surface area contributed by atoms with E-state index in [1.54, 1.807) is 6.92 Å². The van der Waals surface area contributed by atoms with Crippen molar-refractivity contribution in [2.45, 2.75) is 53.9 Å². The topological polar surface area (TPSA) is 101 Å². The van der Waals surface area contributed by atoms with Crippen LogP contribution in [0.15, 0.2) is 23.8 Å². The van der Waals surface area contributed by atoms with Crippen LogP contribution in [0, 0.1) is 24.2 Å². The first-order valence-corrected chi connectivity index (χ1v) is 11.0. The maximum absolute atomic E-state index is 12.2. The number of halogens is 1. The lowest BCUT2D eigenvalue weighted by Crippen LogP contribution is -2.40. The minimum absolute atomic E-state index is 0.0464. The molecule has 0 radical (unpaired) electrons. The summed E-state index contributed by atoms with van der Waals surface area (Å²) in [5.74, 6) is -0.835. The Bertz CT molecular complexity index is 977. The number of benzene rings is 1. The molecule has 7 heteroatoms. The van der Waals surface area contributed by atoms with Crippen LogP contribution in [0.5, 0.6) is 11.5 Å². The van der Waals surface area contributed by atoms with Crippen molar-refractivity contribution in [3.63, 3.8) is 0 Å². The molecule has 32 heavy (non-hydrogen) atoms. The number of aldehydes is 1. The Balaban J connectivity index is 2.37. The van der Waals surface area contributed by atoms with Crippen LogP contribution in [0.1, 0.15) is 62.0 Å². The minimum Gasteiger partial charge on any atom is -0.507 e. The van der Waals surface area contributed by atoms with E-state index in [0.29, 0.717) is 24.2 Å². The van der Waals surface area contributed by atoms with Crippen molar-refractivity contribution in [2.75, 3.05) is 6.61 Å². The molecule has 0 amide bonds. The number of Topliss-reactive ketones (excluding diaryl/α,β-unsaturated/α-hetero) is 1. The van der Waals surface area contributed by atoms with Crippen LogP contribution in [0.3, 0.4) is 0 Å². The number of ketones is 1. The van der Waals surface area contributed by atoms with Gasteiger partial charge < -0.3 is 14.9 Å². The van der Waals surface area contributed by atoms with Crippen molar-refractivity contribution in [3.8, 4) is 11.5 Å². The van der Waals surface area contributed by atoms with Gasteiger partial charge in [-0.1, -0.05) is 56.2 Å². The maximum Gasteiger partial charge on any atom is 0.341 e. The van der Waals surface area contributed by atoms with Crippen molar-refractivity contribution in [2.24, 2.45) is 17.3 Å². The van der Waals surface area contributed by atoms with Crippen molar-refractivity contribution in [1.29, 1.82) is 0 Å². The van der Waals surface area contributed by atoms with E-state index in [-0.39, 0.29) is 51.2 Å². The van der Waals surface area contributed by atoms with E-state index in [0.717, 1.165) is 12.0 Å². The molecule has 1 aliphatic rings. The zero-order valence-electron chi connectivity index (χ0n) is 19.2. The molecule has 0 bridgehead atoms.